The van der Waals surface area contributed by atoms with Gasteiger partial charge in [-0.2, -0.15) is 10.2 Å². The average molecular weight is 360 g/mol. The van der Waals surface area contributed by atoms with E-state index >= 15 is 0 Å². The molecule has 1 saturated heterocycles. The van der Waals surface area contributed by atoms with E-state index in [9.17, 15) is 14.7 Å². The van der Waals surface area contributed by atoms with Crippen LogP contribution in [0.4, 0.5) is 0 Å². The third kappa shape index (κ3) is 3.48. The van der Waals surface area contributed by atoms with Crippen LogP contribution in [-0.4, -0.2) is 72.5 Å². The van der Waals surface area contributed by atoms with E-state index in [1.165, 1.54) is 22.1 Å². The fourth-order valence-corrected chi connectivity index (χ4v) is 3.28. The highest BCUT2D eigenvalue weighted by Crippen LogP contribution is 2.15. The third-order valence-corrected chi connectivity index (χ3v) is 4.82. The molecule has 140 valence electrons. The number of hydrogen-bond acceptors (Lipinski definition) is 5. The zero-order valence-electron chi connectivity index (χ0n) is 15.3. The Morgan fingerprint density at radius 2 is 1.92 bits per heavy atom. The maximum atomic E-state index is 12.7. The lowest BCUT2D eigenvalue weighted by atomic mass is 10.2. The van der Waals surface area contributed by atoms with Crippen LogP contribution in [0.3, 0.4) is 0 Å². The Kier molecular flexibility index (Phi) is 5.08. The predicted octanol–water partition coefficient (Wildman–Crippen LogP) is 0.601. The SMILES string of the molecule is CCn1ncc(CN2CCN(C(=O)c3cn(C)nc3C(=O)O)CC2)c1C. The lowest BCUT2D eigenvalue weighted by Gasteiger charge is -2.34. The smallest absolute Gasteiger partial charge is 0.357 e. The standard InChI is InChI=1S/C17H24N6O3/c1-4-23-12(2)13(9-18-23)10-21-5-7-22(8-6-21)16(24)14-11-20(3)19-15(14)17(25)26/h9,11H,4-8,10H2,1-3H3,(H,25,26). The molecule has 1 fully saturated rings. The minimum absolute atomic E-state index is 0.147. The highest BCUT2D eigenvalue weighted by Gasteiger charge is 2.28. The molecule has 1 aliphatic rings. The summed E-state index contributed by atoms with van der Waals surface area (Å²) in [5.41, 5.74) is 2.33. The molecule has 9 nitrogen and oxygen atoms in total. The fourth-order valence-electron chi connectivity index (χ4n) is 3.28. The summed E-state index contributed by atoms with van der Waals surface area (Å²) >= 11 is 0. The number of hydrogen-bond donors (Lipinski definition) is 1. The second kappa shape index (κ2) is 7.28. The topological polar surface area (TPSA) is 96.5 Å². The first-order valence-electron chi connectivity index (χ1n) is 8.70. The fraction of sp³-hybridized carbons (Fsp3) is 0.529. The summed E-state index contributed by atoms with van der Waals surface area (Å²) in [6, 6.07) is 0. The molecule has 3 heterocycles. The van der Waals surface area contributed by atoms with Crippen molar-refractivity contribution in [1.29, 1.82) is 0 Å². The van der Waals surface area contributed by atoms with Crippen molar-refractivity contribution in [3.8, 4) is 0 Å². The second-order valence-corrected chi connectivity index (χ2v) is 6.51. The van der Waals surface area contributed by atoms with Gasteiger partial charge in [0, 0.05) is 63.8 Å². The molecule has 2 aromatic rings. The van der Waals surface area contributed by atoms with E-state index in [1.54, 1.807) is 11.9 Å². The Morgan fingerprint density at radius 3 is 2.50 bits per heavy atom. The van der Waals surface area contributed by atoms with Crippen LogP contribution in [0.1, 0.15) is 39.0 Å². The van der Waals surface area contributed by atoms with E-state index in [4.69, 9.17) is 0 Å². The molecule has 1 amide bonds. The number of nitrogens with zero attached hydrogens (tertiary/aromatic N) is 6. The summed E-state index contributed by atoms with van der Waals surface area (Å²) < 4.78 is 3.34. The van der Waals surface area contributed by atoms with Crippen LogP contribution in [0.25, 0.3) is 0 Å². The molecular formula is C17H24N6O3. The van der Waals surface area contributed by atoms with Crippen molar-refractivity contribution in [1.82, 2.24) is 29.4 Å². The zero-order chi connectivity index (χ0) is 18.8. The van der Waals surface area contributed by atoms with Gasteiger partial charge in [0.15, 0.2) is 5.69 Å². The first-order valence-corrected chi connectivity index (χ1v) is 8.70. The normalized spacial score (nSPS) is 15.4. The van der Waals surface area contributed by atoms with E-state index in [2.05, 4.69) is 28.9 Å². The summed E-state index contributed by atoms with van der Waals surface area (Å²) in [5.74, 6) is -1.46. The molecule has 2 aromatic heterocycles. The number of carbonyl (C=O) groups excluding carboxylic acids is 1. The summed E-state index contributed by atoms with van der Waals surface area (Å²) in [4.78, 5) is 27.9. The molecule has 0 bridgehead atoms. The molecule has 26 heavy (non-hydrogen) atoms. The molecule has 0 aromatic carbocycles. The monoisotopic (exact) mass is 360 g/mol. The molecule has 0 saturated carbocycles. The number of aromatic carboxylic acids is 1. The Labute approximate surface area is 151 Å². The Morgan fingerprint density at radius 1 is 1.23 bits per heavy atom. The molecule has 3 rings (SSSR count). The lowest BCUT2D eigenvalue weighted by Crippen LogP contribution is -2.48. The van der Waals surface area contributed by atoms with Crippen molar-refractivity contribution < 1.29 is 14.7 Å². The summed E-state index contributed by atoms with van der Waals surface area (Å²) in [5, 5.41) is 17.5. The number of carbonyl (C=O) groups is 2. The molecule has 0 unspecified atom stereocenters. The number of rotatable bonds is 5. The Hall–Kier alpha value is -2.68. The van der Waals surface area contributed by atoms with Gasteiger partial charge in [-0.1, -0.05) is 0 Å². The predicted molar refractivity (Wildman–Crippen MR) is 94.0 cm³/mol. The molecule has 1 aliphatic heterocycles. The van der Waals surface area contributed by atoms with Crippen molar-refractivity contribution >= 4 is 11.9 Å². The van der Waals surface area contributed by atoms with Gasteiger partial charge in [0.05, 0.1) is 11.8 Å². The number of carboxylic acid groups (broad SMARTS) is 1. The number of amides is 1. The first kappa shape index (κ1) is 18.1. The van der Waals surface area contributed by atoms with E-state index in [0.29, 0.717) is 13.1 Å². The number of aromatic nitrogens is 4. The van der Waals surface area contributed by atoms with Crippen LogP contribution >= 0.6 is 0 Å². The van der Waals surface area contributed by atoms with Gasteiger partial charge in [-0.25, -0.2) is 4.79 Å². The molecule has 9 heteroatoms. The summed E-state index contributed by atoms with van der Waals surface area (Å²) in [7, 11) is 1.61. The maximum Gasteiger partial charge on any atom is 0.357 e. The number of piperazine rings is 1. The Bertz CT molecular complexity index is 817. The van der Waals surface area contributed by atoms with Crippen LogP contribution in [0, 0.1) is 6.92 Å². The molecule has 0 spiro atoms. The first-order chi connectivity index (χ1) is 12.4. The van der Waals surface area contributed by atoms with Gasteiger partial charge < -0.3 is 10.0 Å². The van der Waals surface area contributed by atoms with Crippen LogP contribution < -0.4 is 0 Å². The molecule has 0 radical (unpaired) electrons. The Balaban J connectivity index is 1.62. The van der Waals surface area contributed by atoms with Crippen molar-refractivity contribution in [3.63, 3.8) is 0 Å². The third-order valence-electron chi connectivity index (χ3n) is 4.82. The largest absolute Gasteiger partial charge is 0.476 e. The lowest BCUT2D eigenvalue weighted by molar-refractivity contribution is 0.0607. The van der Waals surface area contributed by atoms with Crippen molar-refractivity contribution in [2.45, 2.75) is 26.9 Å². The van der Waals surface area contributed by atoms with Crippen LogP contribution in [-0.2, 0) is 20.1 Å². The maximum absolute atomic E-state index is 12.7. The molecule has 1 N–H and O–H groups in total. The van der Waals surface area contributed by atoms with Crippen molar-refractivity contribution in [2.75, 3.05) is 26.2 Å². The van der Waals surface area contributed by atoms with Gasteiger partial charge in [0.25, 0.3) is 5.91 Å². The number of carboxylic acids is 1. The van der Waals surface area contributed by atoms with Gasteiger partial charge in [0.1, 0.15) is 0 Å². The number of aryl methyl sites for hydroxylation is 2. The van der Waals surface area contributed by atoms with Crippen LogP contribution in [0.15, 0.2) is 12.4 Å². The minimum Gasteiger partial charge on any atom is -0.476 e. The second-order valence-electron chi connectivity index (χ2n) is 6.51. The molecule has 0 aliphatic carbocycles. The van der Waals surface area contributed by atoms with E-state index in [0.717, 1.165) is 26.2 Å². The van der Waals surface area contributed by atoms with Gasteiger partial charge in [-0.05, 0) is 13.8 Å². The molecule has 0 atom stereocenters. The van der Waals surface area contributed by atoms with E-state index in [1.807, 2.05) is 10.9 Å². The van der Waals surface area contributed by atoms with Crippen molar-refractivity contribution in [2.24, 2.45) is 7.05 Å². The average Bonchev–Trinajstić information content (AvgIpc) is 3.18. The van der Waals surface area contributed by atoms with Crippen LogP contribution in [0.5, 0.6) is 0 Å². The highest BCUT2D eigenvalue weighted by molar-refractivity contribution is 6.03. The van der Waals surface area contributed by atoms with Gasteiger partial charge in [-0.3, -0.25) is 19.1 Å². The van der Waals surface area contributed by atoms with Gasteiger partial charge >= 0.3 is 5.97 Å². The highest BCUT2D eigenvalue weighted by atomic mass is 16.4. The summed E-state index contributed by atoms with van der Waals surface area (Å²) in [6.07, 6.45) is 3.38. The quantitative estimate of drug-likeness (QED) is 0.839. The van der Waals surface area contributed by atoms with Crippen LogP contribution in [0.2, 0.25) is 0 Å². The summed E-state index contributed by atoms with van der Waals surface area (Å²) in [6.45, 7) is 8.41. The zero-order valence-corrected chi connectivity index (χ0v) is 15.3. The van der Waals surface area contributed by atoms with E-state index < -0.39 is 5.97 Å². The minimum atomic E-state index is -1.18. The van der Waals surface area contributed by atoms with Gasteiger partial charge in [0.2, 0.25) is 0 Å². The molecular weight excluding hydrogens is 336 g/mol. The van der Waals surface area contributed by atoms with Gasteiger partial charge in [-0.15, -0.1) is 0 Å². The van der Waals surface area contributed by atoms with Crippen molar-refractivity contribution in [3.05, 3.63) is 34.9 Å². The van der Waals surface area contributed by atoms with E-state index in [-0.39, 0.29) is 17.2 Å².